The third kappa shape index (κ3) is 3.98. The van der Waals surface area contributed by atoms with Crippen LogP contribution in [-0.2, 0) is 0 Å². The highest BCUT2D eigenvalue weighted by molar-refractivity contribution is 5.89. The molecular weight excluding hydrogens is 304 g/mol. The number of pyridine rings is 2. The fourth-order valence-electron chi connectivity index (χ4n) is 2.70. The molecule has 0 unspecified atom stereocenters. The van der Waals surface area contributed by atoms with Crippen LogP contribution in [0.5, 0.6) is 0 Å². The molecule has 2 aromatic rings. The van der Waals surface area contributed by atoms with Crippen molar-refractivity contribution in [2.24, 2.45) is 0 Å². The third-order valence-electron chi connectivity index (χ3n) is 3.95. The number of rotatable bonds is 3. The van der Waals surface area contributed by atoms with E-state index in [1.807, 2.05) is 0 Å². The lowest BCUT2D eigenvalue weighted by Gasteiger charge is -2.33. The second-order valence-corrected chi connectivity index (χ2v) is 5.62. The molecule has 3 heterocycles. The summed E-state index contributed by atoms with van der Waals surface area (Å²) in [6, 6.07) is 9.09. The summed E-state index contributed by atoms with van der Waals surface area (Å²) < 4.78 is 0. The highest BCUT2D eigenvalue weighted by atomic mass is 16.2. The van der Waals surface area contributed by atoms with Gasteiger partial charge >= 0.3 is 6.03 Å². The Morgan fingerprint density at radius 3 is 2.83 bits per heavy atom. The van der Waals surface area contributed by atoms with Crippen molar-refractivity contribution < 1.29 is 4.79 Å². The third-order valence-corrected chi connectivity index (χ3v) is 3.95. The minimum absolute atomic E-state index is 0.122. The molecule has 0 bridgehead atoms. The molecule has 1 saturated heterocycles. The Balaban J connectivity index is 1.50. The Hall–Kier alpha value is -3.14. The zero-order valence-electron chi connectivity index (χ0n) is 13.1. The number of urea groups is 1. The van der Waals surface area contributed by atoms with E-state index in [9.17, 15) is 4.79 Å². The van der Waals surface area contributed by atoms with Crippen molar-refractivity contribution in [2.45, 2.75) is 18.9 Å². The number of carbonyl (C=O) groups is 1. The lowest BCUT2D eigenvalue weighted by molar-refractivity contribution is 0.246. The van der Waals surface area contributed by atoms with E-state index in [0.29, 0.717) is 11.3 Å². The van der Waals surface area contributed by atoms with Gasteiger partial charge in [0, 0.05) is 31.5 Å². The first kappa shape index (κ1) is 15.7. The van der Waals surface area contributed by atoms with Gasteiger partial charge < -0.3 is 15.5 Å². The molecular formula is C17H18N6O. The van der Waals surface area contributed by atoms with Crippen molar-refractivity contribution in [3.05, 3.63) is 48.4 Å². The lowest BCUT2D eigenvalue weighted by atomic mass is 10.1. The molecule has 122 valence electrons. The highest BCUT2D eigenvalue weighted by Gasteiger charge is 2.21. The number of nitriles is 1. The number of nitrogens with one attached hydrogen (secondary N) is 2. The van der Waals surface area contributed by atoms with Crippen LogP contribution in [-0.4, -0.2) is 35.1 Å². The summed E-state index contributed by atoms with van der Waals surface area (Å²) in [7, 11) is 0. The number of piperidine rings is 1. The molecule has 7 nitrogen and oxygen atoms in total. The molecule has 0 spiro atoms. The number of hydrogen-bond donors (Lipinski definition) is 2. The van der Waals surface area contributed by atoms with Gasteiger partial charge in [-0.25, -0.2) is 9.78 Å². The molecule has 0 aliphatic carbocycles. The predicted octanol–water partition coefficient (Wildman–Crippen LogP) is 2.14. The van der Waals surface area contributed by atoms with Gasteiger partial charge in [0.15, 0.2) is 0 Å². The first-order chi connectivity index (χ1) is 11.7. The molecule has 0 radical (unpaired) electrons. The van der Waals surface area contributed by atoms with Crippen LogP contribution < -0.4 is 15.5 Å². The average Bonchev–Trinajstić information content (AvgIpc) is 2.63. The quantitative estimate of drug-likeness (QED) is 0.903. The van der Waals surface area contributed by atoms with Gasteiger partial charge in [-0.2, -0.15) is 5.26 Å². The lowest BCUT2D eigenvalue weighted by Crippen LogP contribution is -2.46. The summed E-state index contributed by atoms with van der Waals surface area (Å²) >= 11 is 0. The largest absolute Gasteiger partial charge is 0.356 e. The number of carbonyl (C=O) groups excluding carboxylic acids is 1. The maximum absolute atomic E-state index is 12.0. The van der Waals surface area contributed by atoms with Gasteiger partial charge in [0.25, 0.3) is 0 Å². The van der Waals surface area contributed by atoms with Crippen LogP contribution in [0.4, 0.5) is 16.3 Å². The second-order valence-electron chi connectivity index (χ2n) is 5.62. The molecule has 3 rings (SSSR count). The van der Waals surface area contributed by atoms with Crippen LogP contribution in [0.1, 0.15) is 18.4 Å². The maximum atomic E-state index is 12.0. The maximum Gasteiger partial charge on any atom is 0.319 e. The summed E-state index contributed by atoms with van der Waals surface area (Å²) in [4.78, 5) is 22.4. The first-order valence-corrected chi connectivity index (χ1v) is 7.83. The number of anilines is 2. The molecule has 2 N–H and O–H groups in total. The Labute approximate surface area is 140 Å². The van der Waals surface area contributed by atoms with E-state index < -0.39 is 0 Å². The van der Waals surface area contributed by atoms with Crippen molar-refractivity contribution in [1.29, 1.82) is 5.26 Å². The molecule has 1 aliphatic heterocycles. The van der Waals surface area contributed by atoms with Crippen LogP contribution >= 0.6 is 0 Å². The minimum atomic E-state index is -0.217. The van der Waals surface area contributed by atoms with E-state index in [-0.39, 0.29) is 12.1 Å². The van der Waals surface area contributed by atoms with Crippen LogP contribution in [0.2, 0.25) is 0 Å². The van der Waals surface area contributed by atoms with Gasteiger partial charge in [-0.05, 0) is 37.1 Å². The van der Waals surface area contributed by atoms with E-state index in [1.54, 1.807) is 42.9 Å². The van der Waals surface area contributed by atoms with E-state index in [1.165, 1.54) is 0 Å². The highest BCUT2D eigenvalue weighted by Crippen LogP contribution is 2.18. The van der Waals surface area contributed by atoms with Gasteiger partial charge in [0.05, 0.1) is 23.5 Å². The topological polar surface area (TPSA) is 93.9 Å². The van der Waals surface area contributed by atoms with E-state index >= 15 is 0 Å². The smallest absolute Gasteiger partial charge is 0.319 e. The molecule has 2 amide bonds. The number of aromatic nitrogens is 2. The fourth-order valence-corrected chi connectivity index (χ4v) is 2.70. The van der Waals surface area contributed by atoms with Gasteiger partial charge in [-0.15, -0.1) is 0 Å². The van der Waals surface area contributed by atoms with Gasteiger partial charge in [-0.1, -0.05) is 0 Å². The Bertz CT molecular complexity index is 734. The molecule has 24 heavy (non-hydrogen) atoms. The molecule has 7 heteroatoms. The average molecular weight is 322 g/mol. The second kappa shape index (κ2) is 7.42. The summed E-state index contributed by atoms with van der Waals surface area (Å²) in [6.07, 6.45) is 6.58. The predicted molar refractivity (Wildman–Crippen MR) is 90.6 cm³/mol. The summed E-state index contributed by atoms with van der Waals surface area (Å²) in [5.74, 6) is 0.812. The van der Waals surface area contributed by atoms with Gasteiger partial charge in [0.1, 0.15) is 5.82 Å². The zero-order valence-corrected chi connectivity index (χ0v) is 13.1. The summed E-state index contributed by atoms with van der Waals surface area (Å²) in [5, 5.41) is 14.7. The Morgan fingerprint density at radius 2 is 2.12 bits per heavy atom. The normalized spacial score (nSPS) is 14.7. The van der Waals surface area contributed by atoms with Crippen LogP contribution in [0.3, 0.4) is 0 Å². The van der Waals surface area contributed by atoms with Crippen LogP contribution in [0, 0.1) is 11.3 Å². The molecule has 0 saturated carbocycles. The van der Waals surface area contributed by atoms with Gasteiger partial charge in [0.2, 0.25) is 0 Å². The fraction of sp³-hybridized carbons (Fsp3) is 0.294. The molecule has 0 atom stereocenters. The summed E-state index contributed by atoms with van der Waals surface area (Å²) in [5.41, 5.74) is 1.28. The first-order valence-electron chi connectivity index (χ1n) is 7.83. The van der Waals surface area contributed by atoms with Crippen molar-refractivity contribution >= 4 is 17.5 Å². The number of nitrogens with zero attached hydrogens (tertiary/aromatic N) is 4. The van der Waals surface area contributed by atoms with E-state index in [4.69, 9.17) is 5.26 Å². The summed E-state index contributed by atoms with van der Waals surface area (Å²) in [6.45, 7) is 1.58. The van der Waals surface area contributed by atoms with E-state index in [2.05, 4.69) is 31.6 Å². The van der Waals surface area contributed by atoms with Crippen molar-refractivity contribution in [2.75, 3.05) is 23.3 Å². The molecule has 0 aromatic carbocycles. The van der Waals surface area contributed by atoms with Crippen LogP contribution in [0.15, 0.2) is 42.9 Å². The molecule has 2 aromatic heterocycles. The Kier molecular flexibility index (Phi) is 4.87. The Morgan fingerprint density at radius 1 is 1.29 bits per heavy atom. The van der Waals surface area contributed by atoms with Gasteiger partial charge in [-0.3, -0.25) is 4.98 Å². The van der Waals surface area contributed by atoms with Crippen molar-refractivity contribution in [3.8, 4) is 6.07 Å². The number of amides is 2. The number of hydrogen-bond acceptors (Lipinski definition) is 5. The monoisotopic (exact) mass is 322 g/mol. The SMILES string of the molecule is N#Cc1ccnc(N2CCC(NC(=O)Nc3cccnc3)CC2)c1. The molecule has 1 aliphatic rings. The van der Waals surface area contributed by atoms with Crippen molar-refractivity contribution in [3.63, 3.8) is 0 Å². The van der Waals surface area contributed by atoms with Crippen LogP contribution in [0.25, 0.3) is 0 Å². The zero-order chi connectivity index (χ0) is 16.8. The van der Waals surface area contributed by atoms with Crippen molar-refractivity contribution in [1.82, 2.24) is 15.3 Å². The minimum Gasteiger partial charge on any atom is -0.356 e. The van der Waals surface area contributed by atoms with E-state index in [0.717, 1.165) is 31.7 Å². The standard InChI is InChI=1S/C17H18N6O/c18-11-13-3-7-20-16(10-13)23-8-4-14(5-9-23)21-17(24)22-15-2-1-6-19-12-15/h1-3,6-7,10,12,14H,4-5,8-9H2,(H2,21,22,24). The molecule has 1 fully saturated rings.